The summed E-state index contributed by atoms with van der Waals surface area (Å²) in [4.78, 5) is 38.0. The van der Waals surface area contributed by atoms with Crippen LogP contribution in [0, 0.1) is 0 Å². The van der Waals surface area contributed by atoms with Gasteiger partial charge in [-0.05, 0) is 25.0 Å². The number of para-hydroxylation sites is 1. The van der Waals surface area contributed by atoms with Crippen LogP contribution in [0.25, 0.3) is 0 Å². The lowest BCUT2D eigenvalue weighted by Crippen LogP contribution is -2.52. The molecule has 7 nitrogen and oxygen atoms in total. The number of carbonyl (C=O) groups excluding carboxylic acids is 2. The summed E-state index contributed by atoms with van der Waals surface area (Å²) in [5.74, 6) is -1.77. The molecule has 2 heterocycles. The number of carbonyl (C=O) groups is 3. The molecule has 1 aliphatic heterocycles. The van der Waals surface area contributed by atoms with Gasteiger partial charge in [0.2, 0.25) is 5.91 Å². The van der Waals surface area contributed by atoms with Crippen LogP contribution in [0.4, 0.5) is 5.69 Å². The molecule has 1 fully saturated rings. The van der Waals surface area contributed by atoms with E-state index in [2.05, 4.69) is 5.32 Å². The highest BCUT2D eigenvalue weighted by molar-refractivity contribution is 6.02. The molecule has 0 radical (unpaired) electrons. The third-order valence-corrected chi connectivity index (χ3v) is 4.40. The van der Waals surface area contributed by atoms with Gasteiger partial charge in [-0.15, -0.1) is 0 Å². The number of carboxylic acids is 1. The standard InChI is InChI=1S/C19H20N2O5/c1-2-15-13(19(24)25)11-16(26-15)17(22)20-14-9-6-10-21(18(14)23)12-7-4-3-5-8-12/h3-5,7-8,11,14H,2,6,9-10H2,1H3,(H,20,22)(H,24,25). The van der Waals surface area contributed by atoms with Crippen molar-refractivity contribution in [3.05, 3.63) is 53.5 Å². The van der Waals surface area contributed by atoms with Crippen LogP contribution in [0.2, 0.25) is 0 Å². The first-order chi connectivity index (χ1) is 12.5. The second-order valence-electron chi connectivity index (χ2n) is 6.10. The number of anilines is 1. The number of piperidine rings is 1. The van der Waals surface area contributed by atoms with Gasteiger partial charge in [-0.25, -0.2) is 4.79 Å². The molecular formula is C19H20N2O5. The fraction of sp³-hybridized carbons (Fsp3) is 0.316. The maximum Gasteiger partial charge on any atom is 0.339 e. The molecule has 1 atom stereocenters. The second-order valence-corrected chi connectivity index (χ2v) is 6.10. The van der Waals surface area contributed by atoms with Gasteiger partial charge in [0.15, 0.2) is 5.76 Å². The number of aromatic carboxylic acids is 1. The quantitative estimate of drug-likeness (QED) is 0.857. The number of aryl methyl sites for hydroxylation is 1. The zero-order valence-corrected chi connectivity index (χ0v) is 14.4. The van der Waals surface area contributed by atoms with E-state index in [1.165, 1.54) is 6.07 Å². The van der Waals surface area contributed by atoms with Crippen molar-refractivity contribution >= 4 is 23.5 Å². The molecule has 26 heavy (non-hydrogen) atoms. The number of nitrogens with one attached hydrogen (secondary N) is 1. The van der Waals surface area contributed by atoms with E-state index in [0.29, 0.717) is 19.4 Å². The predicted molar refractivity (Wildman–Crippen MR) is 94.3 cm³/mol. The molecule has 0 bridgehead atoms. The van der Waals surface area contributed by atoms with Crippen LogP contribution in [0.15, 0.2) is 40.8 Å². The van der Waals surface area contributed by atoms with Crippen molar-refractivity contribution in [3.8, 4) is 0 Å². The summed E-state index contributed by atoms with van der Waals surface area (Å²) in [5.41, 5.74) is 0.759. The largest absolute Gasteiger partial charge is 0.478 e. The Morgan fingerprint density at radius 1 is 1.31 bits per heavy atom. The minimum atomic E-state index is -1.14. The fourth-order valence-corrected chi connectivity index (χ4v) is 3.09. The van der Waals surface area contributed by atoms with Crippen molar-refractivity contribution in [1.29, 1.82) is 0 Å². The number of amides is 2. The number of rotatable bonds is 5. The minimum absolute atomic E-state index is 0.0291. The first-order valence-corrected chi connectivity index (χ1v) is 8.54. The molecule has 0 saturated carbocycles. The number of furan rings is 1. The Kier molecular flexibility index (Phi) is 5.06. The Balaban J connectivity index is 1.75. The Morgan fingerprint density at radius 2 is 2.04 bits per heavy atom. The number of nitrogens with zero attached hydrogens (tertiary/aromatic N) is 1. The Bertz CT molecular complexity index is 828. The monoisotopic (exact) mass is 356 g/mol. The molecule has 1 aromatic heterocycles. The number of carboxylic acid groups (broad SMARTS) is 1. The third-order valence-electron chi connectivity index (χ3n) is 4.40. The highest BCUT2D eigenvalue weighted by Gasteiger charge is 2.32. The van der Waals surface area contributed by atoms with Gasteiger partial charge in [0.1, 0.15) is 17.4 Å². The van der Waals surface area contributed by atoms with Crippen molar-refractivity contribution in [1.82, 2.24) is 5.32 Å². The Labute approximate surface area is 150 Å². The SMILES string of the molecule is CCc1oc(C(=O)NC2CCCN(c3ccccc3)C2=O)cc1C(=O)O. The number of hydrogen-bond donors (Lipinski definition) is 2. The summed E-state index contributed by atoms with van der Waals surface area (Å²) in [5, 5.41) is 11.8. The van der Waals surface area contributed by atoms with Crippen LogP contribution >= 0.6 is 0 Å². The van der Waals surface area contributed by atoms with Gasteiger partial charge in [-0.3, -0.25) is 9.59 Å². The molecule has 2 amide bonds. The summed E-state index contributed by atoms with van der Waals surface area (Å²) in [6, 6.07) is 9.82. The number of benzene rings is 1. The molecule has 1 aromatic carbocycles. The van der Waals surface area contributed by atoms with E-state index in [9.17, 15) is 14.4 Å². The van der Waals surface area contributed by atoms with Gasteiger partial charge in [0.05, 0.1) is 0 Å². The van der Waals surface area contributed by atoms with Crippen molar-refractivity contribution < 1.29 is 23.9 Å². The Morgan fingerprint density at radius 3 is 2.65 bits per heavy atom. The first-order valence-electron chi connectivity index (χ1n) is 8.54. The molecule has 7 heteroatoms. The van der Waals surface area contributed by atoms with Gasteiger partial charge in [-0.2, -0.15) is 0 Å². The summed E-state index contributed by atoms with van der Waals surface area (Å²) in [6.45, 7) is 2.34. The van der Waals surface area contributed by atoms with Crippen LogP contribution in [-0.4, -0.2) is 35.5 Å². The second kappa shape index (κ2) is 7.43. The van der Waals surface area contributed by atoms with Crippen molar-refractivity contribution in [2.24, 2.45) is 0 Å². The smallest absolute Gasteiger partial charge is 0.339 e. The Hall–Kier alpha value is -3.09. The van der Waals surface area contributed by atoms with Gasteiger partial charge >= 0.3 is 5.97 Å². The summed E-state index contributed by atoms with van der Waals surface area (Å²) >= 11 is 0. The van der Waals surface area contributed by atoms with Crippen molar-refractivity contribution in [2.75, 3.05) is 11.4 Å². The lowest BCUT2D eigenvalue weighted by molar-refractivity contribution is -0.121. The lowest BCUT2D eigenvalue weighted by atomic mass is 10.0. The zero-order valence-electron chi connectivity index (χ0n) is 14.4. The van der Waals surface area contributed by atoms with E-state index in [1.54, 1.807) is 11.8 Å². The van der Waals surface area contributed by atoms with Crippen LogP contribution < -0.4 is 10.2 Å². The number of hydrogen-bond acceptors (Lipinski definition) is 4. The average Bonchev–Trinajstić information content (AvgIpc) is 3.09. The van der Waals surface area contributed by atoms with Crippen LogP contribution in [0.1, 0.15) is 46.4 Å². The molecule has 1 aliphatic rings. The van der Waals surface area contributed by atoms with Crippen molar-refractivity contribution in [3.63, 3.8) is 0 Å². The molecule has 136 valence electrons. The highest BCUT2D eigenvalue weighted by Crippen LogP contribution is 2.22. The average molecular weight is 356 g/mol. The molecule has 0 aliphatic carbocycles. The maximum atomic E-state index is 12.7. The van der Waals surface area contributed by atoms with Crippen LogP contribution in [-0.2, 0) is 11.2 Å². The van der Waals surface area contributed by atoms with Crippen molar-refractivity contribution in [2.45, 2.75) is 32.2 Å². The molecule has 1 unspecified atom stereocenters. The molecular weight excluding hydrogens is 336 g/mol. The zero-order chi connectivity index (χ0) is 18.7. The molecule has 1 saturated heterocycles. The highest BCUT2D eigenvalue weighted by atomic mass is 16.4. The van der Waals surface area contributed by atoms with Gasteiger partial charge in [0.25, 0.3) is 5.91 Å². The molecule has 2 aromatic rings. The van der Waals surface area contributed by atoms with E-state index in [-0.39, 0.29) is 23.0 Å². The van der Waals surface area contributed by atoms with Gasteiger partial charge in [0, 0.05) is 24.7 Å². The summed E-state index contributed by atoms with van der Waals surface area (Å²) in [7, 11) is 0. The molecule has 3 rings (SSSR count). The van der Waals surface area contributed by atoms with Crippen LogP contribution in [0.3, 0.4) is 0 Å². The fourth-order valence-electron chi connectivity index (χ4n) is 3.09. The first kappa shape index (κ1) is 17.7. The normalized spacial score (nSPS) is 17.2. The summed E-state index contributed by atoms with van der Waals surface area (Å²) in [6.07, 6.45) is 1.64. The van der Waals surface area contributed by atoms with E-state index >= 15 is 0 Å². The van der Waals surface area contributed by atoms with E-state index < -0.39 is 17.9 Å². The van der Waals surface area contributed by atoms with Crippen LogP contribution in [0.5, 0.6) is 0 Å². The van der Waals surface area contributed by atoms with E-state index in [1.807, 2.05) is 30.3 Å². The topological polar surface area (TPSA) is 99.9 Å². The van der Waals surface area contributed by atoms with Gasteiger partial charge < -0.3 is 19.7 Å². The molecule has 2 N–H and O–H groups in total. The molecule has 0 spiro atoms. The summed E-state index contributed by atoms with van der Waals surface area (Å²) < 4.78 is 5.36. The van der Waals surface area contributed by atoms with Gasteiger partial charge in [-0.1, -0.05) is 25.1 Å². The van der Waals surface area contributed by atoms with E-state index in [0.717, 1.165) is 12.1 Å². The lowest BCUT2D eigenvalue weighted by Gasteiger charge is -2.32. The predicted octanol–water partition coefficient (Wildman–Crippen LogP) is 2.47. The third kappa shape index (κ3) is 3.46. The minimum Gasteiger partial charge on any atom is -0.478 e. The maximum absolute atomic E-state index is 12.7. The van der Waals surface area contributed by atoms with E-state index in [4.69, 9.17) is 9.52 Å².